The van der Waals surface area contributed by atoms with E-state index in [1.54, 1.807) is 0 Å². The molecule has 26 heavy (non-hydrogen) atoms. The minimum Gasteiger partial charge on any atom is -0.396 e. The average Bonchev–Trinajstić information content (AvgIpc) is 2.49. The quantitative estimate of drug-likeness (QED) is 0.532. The Morgan fingerprint density at radius 3 is 2.54 bits per heavy atom. The Balaban J connectivity index is 2.13. The van der Waals surface area contributed by atoms with Crippen LogP contribution in [0.15, 0.2) is 41.3 Å². The lowest BCUT2D eigenvalue weighted by Crippen LogP contribution is -2.20. The van der Waals surface area contributed by atoms with Crippen LogP contribution in [0.2, 0.25) is 10.0 Å². The van der Waals surface area contributed by atoms with Gasteiger partial charge in [0, 0.05) is 32.9 Å². The van der Waals surface area contributed by atoms with Gasteiger partial charge in [-0.3, -0.25) is 0 Å². The maximum atomic E-state index is 12.4. The van der Waals surface area contributed by atoms with Crippen molar-refractivity contribution >= 4 is 52.4 Å². The van der Waals surface area contributed by atoms with Crippen molar-refractivity contribution in [3.63, 3.8) is 0 Å². The summed E-state index contributed by atoms with van der Waals surface area (Å²) in [6, 6.07) is 7.62. The molecule has 0 spiro atoms. The molecule has 0 aliphatic heterocycles. The molecule has 2 rings (SSSR count). The zero-order valence-electron chi connectivity index (χ0n) is 13.0. The molecule has 2 aromatic rings. The van der Waals surface area contributed by atoms with Gasteiger partial charge in [0.2, 0.25) is 0 Å². The van der Waals surface area contributed by atoms with Crippen LogP contribution in [-0.2, 0) is 6.42 Å². The summed E-state index contributed by atoms with van der Waals surface area (Å²) in [6.45, 7) is -0.186. The number of rotatable bonds is 5. The van der Waals surface area contributed by atoms with Gasteiger partial charge in [0.1, 0.15) is 0 Å². The van der Waals surface area contributed by atoms with E-state index >= 15 is 0 Å². The summed E-state index contributed by atoms with van der Waals surface area (Å²) in [5.74, 6) is 0. The van der Waals surface area contributed by atoms with E-state index in [0.717, 1.165) is 0 Å². The third-order valence-electron chi connectivity index (χ3n) is 3.10. The number of carbonyl (C=O) groups excluding carboxylic acids is 1. The third kappa shape index (κ3) is 6.28. The third-order valence-corrected chi connectivity index (χ3v) is 4.37. The van der Waals surface area contributed by atoms with Crippen LogP contribution in [0.1, 0.15) is 5.56 Å². The van der Waals surface area contributed by atoms with Crippen LogP contribution in [0.3, 0.4) is 0 Å². The zero-order chi connectivity index (χ0) is 19.3. The Bertz CT molecular complexity index is 804. The van der Waals surface area contributed by atoms with Crippen molar-refractivity contribution in [1.29, 1.82) is 0 Å². The number of anilines is 2. The van der Waals surface area contributed by atoms with Crippen LogP contribution in [0, 0.1) is 0 Å². The lowest BCUT2D eigenvalue weighted by Gasteiger charge is -2.14. The Morgan fingerprint density at radius 1 is 1.15 bits per heavy atom. The van der Waals surface area contributed by atoms with E-state index in [9.17, 15) is 18.0 Å². The van der Waals surface area contributed by atoms with Crippen molar-refractivity contribution in [2.24, 2.45) is 0 Å². The SMILES string of the molecule is O=C(Nc1cccc(SC(F)(F)F)c1)Nc1cc(Cl)cc(Cl)c1CCO. The van der Waals surface area contributed by atoms with Gasteiger partial charge in [-0.05, 0) is 54.1 Å². The minimum atomic E-state index is -4.42. The number of thioether (sulfide) groups is 1. The van der Waals surface area contributed by atoms with Crippen molar-refractivity contribution in [3.8, 4) is 0 Å². The number of benzene rings is 2. The van der Waals surface area contributed by atoms with Crippen LogP contribution >= 0.6 is 35.0 Å². The Morgan fingerprint density at radius 2 is 1.88 bits per heavy atom. The summed E-state index contributed by atoms with van der Waals surface area (Å²) in [6.07, 6.45) is 0.198. The maximum Gasteiger partial charge on any atom is 0.446 e. The fourth-order valence-electron chi connectivity index (χ4n) is 2.14. The second-order valence-corrected chi connectivity index (χ2v) is 7.02. The molecule has 0 saturated carbocycles. The number of hydrogen-bond donors (Lipinski definition) is 3. The highest BCUT2D eigenvalue weighted by molar-refractivity contribution is 8.00. The van der Waals surface area contributed by atoms with Gasteiger partial charge < -0.3 is 15.7 Å². The van der Waals surface area contributed by atoms with E-state index in [2.05, 4.69) is 10.6 Å². The van der Waals surface area contributed by atoms with Crippen LogP contribution in [0.25, 0.3) is 0 Å². The summed E-state index contributed by atoms with van der Waals surface area (Å²) >= 11 is 11.7. The van der Waals surface area contributed by atoms with E-state index in [0.29, 0.717) is 11.3 Å². The molecule has 0 saturated heterocycles. The first kappa shape index (κ1) is 20.7. The Kier molecular flexibility index (Phi) is 7.05. The highest BCUT2D eigenvalue weighted by Gasteiger charge is 2.29. The first-order chi connectivity index (χ1) is 12.2. The van der Waals surface area contributed by atoms with Gasteiger partial charge in [-0.15, -0.1) is 0 Å². The van der Waals surface area contributed by atoms with Gasteiger partial charge in [-0.2, -0.15) is 13.2 Å². The fraction of sp³-hybridized carbons (Fsp3) is 0.188. The molecule has 4 nitrogen and oxygen atoms in total. The molecule has 0 bridgehead atoms. The number of halogens is 5. The minimum absolute atomic E-state index is 0.0536. The lowest BCUT2D eigenvalue weighted by molar-refractivity contribution is -0.0328. The summed E-state index contributed by atoms with van der Waals surface area (Å²) in [5, 5.41) is 14.7. The van der Waals surface area contributed by atoms with Crippen LogP contribution < -0.4 is 10.6 Å². The first-order valence-corrected chi connectivity index (χ1v) is 8.78. The van der Waals surface area contributed by atoms with Crippen molar-refractivity contribution in [2.75, 3.05) is 17.2 Å². The van der Waals surface area contributed by atoms with Gasteiger partial charge >= 0.3 is 11.5 Å². The number of nitrogens with one attached hydrogen (secondary N) is 2. The normalized spacial score (nSPS) is 11.3. The van der Waals surface area contributed by atoms with Crippen LogP contribution in [-0.4, -0.2) is 23.3 Å². The molecule has 2 aromatic carbocycles. The molecule has 0 heterocycles. The number of urea groups is 1. The average molecular weight is 425 g/mol. The number of aliphatic hydroxyl groups excluding tert-OH is 1. The molecule has 140 valence electrons. The summed E-state index contributed by atoms with van der Waals surface area (Å²) < 4.78 is 37.3. The number of alkyl halides is 3. The van der Waals surface area contributed by atoms with Gasteiger partial charge in [-0.25, -0.2) is 4.79 Å². The number of aliphatic hydroxyl groups is 1. The molecule has 2 amide bonds. The van der Waals surface area contributed by atoms with Crippen LogP contribution in [0.4, 0.5) is 29.3 Å². The van der Waals surface area contributed by atoms with E-state index in [4.69, 9.17) is 28.3 Å². The lowest BCUT2D eigenvalue weighted by atomic mass is 10.1. The van der Waals surface area contributed by atoms with Crippen molar-refractivity contribution < 1.29 is 23.1 Å². The second-order valence-electron chi connectivity index (χ2n) is 5.04. The monoisotopic (exact) mass is 424 g/mol. The van der Waals surface area contributed by atoms with Gasteiger partial charge in [0.15, 0.2) is 0 Å². The zero-order valence-corrected chi connectivity index (χ0v) is 15.4. The summed E-state index contributed by atoms with van der Waals surface area (Å²) in [5.41, 5.74) is -3.43. The molecule has 0 aliphatic carbocycles. The first-order valence-electron chi connectivity index (χ1n) is 7.20. The molecule has 0 aromatic heterocycles. The Labute approximate surface area is 161 Å². The Hall–Kier alpha value is -1.61. The predicted molar refractivity (Wildman–Crippen MR) is 98.2 cm³/mol. The molecular weight excluding hydrogens is 412 g/mol. The topological polar surface area (TPSA) is 61.4 Å². The molecule has 0 radical (unpaired) electrons. The van der Waals surface area contributed by atoms with Gasteiger partial charge in [0.25, 0.3) is 0 Å². The van der Waals surface area contributed by atoms with Crippen LogP contribution in [0.5, 0.6) is 0 Å². The maximum absolute atomic E-state index is 12.4. The predicted octanol–water partition coefficient (Wildman–Crippen LogP) is 5.78. The van der Waals surface area contributed by atoms with Crippen molar-refractivity contribution in [1.82, 2.24) is 0 Å². The van der Waals surface area contributed by atoms with E-state index < -0.39 is 11.5 Å². The second kappa shape index (κ2) is 8.85. The molecule has 3 N–H and O–H groups in total. The molecule has 0 unspecified atom stereocenters. The number of carbonyl (C=O) groups is 1. The van der Waals surface area contributed by atoms with Gasteiger partial charge in [0.05, 0.1) is 0 Å². The highest BCUT2D eigenvalue weighted by Crippen LogP contribution is 2.37. The van der Waals surface area contributed by atoms with Gasteiger partial charge in [-0.1, -0.05) is 29.3 Å². The highest BCUT2D eigenvalue weighted by atomic mass is 35.5. The van der Waals surface area contributed by atoms with E-state index in [1.165, 1.54) is 36.4 Å². The largest absolute Gasteiger partial charge is 0.446 e. The molecular formula is C16H13Cl2F3N2O2S. The van der Waals surface area contributed by atoms with E-state index in [-0.39, 0.29) is 45.4 Å². The number of hydrogen-bond acceptors (Lipinski definition) is 3. The fourth-order valence-corrected chi connectivity index (χ4v) is 3.32. The summed E-state index contributed by atoms with van der Waals surface area (Å²) in [4.78, 5) is 12.1. The summed E-state index contributed by atoms with van der Waals surface area (Å²) in [7, 11) is 0. The van der Waals surface area contributed by atoms with Crippen molar-refractivity contribution in [3.05, 3.63) is 52.0 Å². The molecule has 0 atom stereocenters. The molecule has 0 aliphatic rings. The molecule has 10 heteroatoms. The van der Waals surface area contributed by atoms with E-state index in [1.807, 2.05) is 0 Å². The van der Waals surface area contributed by atoms with Crippen molar-refractivity contribution in [2.45, 2.75) is 16.8 Å². The smallest absolute Gasteiger partial charge is 0.396 e. The number of amides is 2. The molecule has 0 fully saturated rings. The standard InChI is InChI=1S/C16H13Cl2F3N2O2S/c17-9-6-13(18)12(4-5-24)14(7-9)23-15(25)22-10-2-1-3-11(8-10)26-16(19,20)21/h1-3,6-8,24H,4-5H2,(H2,22,23,25).